The van der Waals surface area contributed by atoms with Crippen LogP contribution in [0.25, 0.3) is 10.1 Å². The van der Waals surface area contributed by atoms with E-state index < -0.39 is 0 Å². The van der Waals surface area contributed by atoms with Crippen molar-refractivity contribution in [2.24, 2.45) is 0 Å². The molecule has 3 N–H and O–H groups in total. The number of aryl methyl sites for hydroxylation is 1. The van der Waals surface area contributed by atoms with Crippen molar-refractivity contribution >= 4 is 39.1 Å². The smallest absolute Gasteiger partial charge is 0.269 e. The summed E-state index contributed by atoms with van der Waals surface area (Å²) in [5.41, 5.74) is 2.28. The number of nitrogens with zero attached hydrogens (tertiary/aromatic N) is 1. The van der Waals surface area contributed by atoms with Crippen molar-refractivity contribution in [1.82, 2.24) is 15.5 Å². The number of anilines is 1. The largest absolute Gasteiger partial charge is 0.354 e. The molecule has 7 heteroatoms. The summed E-state index contributed by atoms with van der Waals surface area (Å²) >= 11 is 1.71. The quantitative estimate of drug-likeness (QED) is 0.670. The van der Waals surface area contributed by atoms with Gasteiger partial charge in [-0.2, -0.15) is 5.10 Å². The number of nitrogens with one attached hydrogen (secondary N) is 3. The number of amides is 2. The summed E-state index contributed by atoms with van der Waals surface area (Å²) in [7, 11) is 1.58. The first-order chi connectivity index (χ1) is 11.6. The number of carbonyl (C=O) groups is 2. The van der Waals surface area contributed by atoms with Crippen molar-refractivity contribution in [2.45, 2.75) is 19.3 Å². The van der Waals surface area contributed by atoms with E-state index in [0.717, 1.165) is 21.4 Å². The van der Waals surface area contributed by atoms with Crippen LogP contribution in [0.2, 0.25) is 0 Å². The number of aromatic nitrogens is 2. The molecule has 2 amide bonds. The number of benzene rings is 1. The molecule has 1 atom stereocenters. The van der Waals surface area contributed by atoms with Crippen LogP contribution in [0.1, 0.15) is 38.8 Å². The highest BCUT2D eigenvalue weighted by Gasteiger charge is 2.35. The Morgan fingerprint density at radius 3 is 2.92 bits per heavy atom. The zero-order valence-corrected chi connectivity index (χ0v) is 14.1. The summed E-state index contributed by atoms with van der Waals surface area (Å²) in [6, 6.07) is 8.15. The topological polar surface area (TPSA) is 86.9 Å². The molecule has 3 heterocycles. The molecule has 1 aliphatic heterocycles. The number of aromatic amines is 1. The minimum Gasteiger partial charge on any atom is -0.354 e. The molecule has 0 fully saturated rings. The summed E-state index contributed by atoms with van der Waals surface area (Å²) in [5, 5.41) is 13.4. The van der Waals surface area contributed by atoms with Crippen LogP contribution in [-0.4, -0.2) is 29.1 Å². The fourth-order valence-electron chi connectivity index (χ4n) is 3.42. The third kappa shape index (κ3) is 2.12. The molecule has 2 aromatic heterocycles. The van der Waals surface area contributed by atoms with Gasteiger partial charge >= 0.3 is 0 Å². The van der Waals surface area contributed by atoms with Gasteiger partial charge in [-0.3, -0.25) is 14.7 Å². The summed E-state index contributed by atoms with van der Waals surface area (Å²) in [6.07, 6.45) is 0.304. The van der Waals surface area contributed by atoms with Crippen LogP contribution in [0.3, 0.4) is 0 Å². The van der Waals surface area contributed by atoms with Gasteiger partial charge in [0.15, 0.2) is 5.82 Å². The molecule has 24 heavy (non-hydrogen) atoms. The Morgan fingerprint density at radius 2 is 2.12 bits per heavy atom. The standard InChI is InChI=1S/C17H16N4O2S/c1-8-13(9-5-3-4-6-11(9)24-8)10-7-12(22)19-16-14(10)15(20-21-16)17(23)18-2/h3-6,10H,7H2,1-2H3,(H,18,23)(H2,19,20,21,22). The molecule has 1 unspecified atom stereocenters. The first-order valence-corrected chi connectivity index (χ1v) is 8.50. The minimum atomic E-state index is -0.234. The van der Waals surface area contributed by atoms with E-state index in [2.05, 4.69) is 39.9 Å². The second-order valence-corrected chi connectivity index (χ2v) is 7.07. The molecule has 0 bridgehead atoms. The molecule has 0 saturated carbocycles. The van der Waals surface area contributed by atoms with E-state index >= 15 is 0 Å². The molecule has 0 saturated heterocycles. The molecular formula is C17H16N4O2S. The van der Waals surface area contributed by atoms with Crippen molar-refractivity contribution in [2.75, 3.05) is 12.4 Å². The lowest BCUT2D eigenvalue weighted by molar-refractivity contribution is -0.116. The minimum absolute atomic E-state index is 0.0860. The highest BCUT2D eigenvalue weighted by molar-refractivity contribution is 7.19. The Kier molecular flexibility index (Phi) is 3.38. The fraction of sp³-hybridized carbons (Fsp3) is 0.235. The molecule has 4 rings (SSSR count). The Morgan fingerprint density at radius 1 is 1.33 bits per heavy atom. The van der Waals surface area contributed by atoms with E-state index in [1.165, 1.54) is 4.70 Å². The SMILES string of the molecule is CNC(=O)c1[nH]nc2c1C(c1c(C)sc3ccccc13)CC(=O)N2. The Labute approximate surface area is 142 Å². The fourth-order valence-corrected chi connectivity index (χ4v) is 4.55. The van der Waals surface area contributed by atoms with Gasteiger partial charge in [-0.15, -0.1) is 11.3 Å². The van der Waals surface area contributed by atoms with Crippen LogP contribution in [0.5, 0.6) is 0 Å². The molecule has 1 aromatic carbocycles. The highest BCUT2D eigenvalue weighted by Crippen LogP contribution is 2.44. The van der Waals surface area contributed by atoms with Gasteiger partial charge in [0, 0.05) is 34.5 Å². The maximum atomic E-state index is 12.2. The van der Waals surface area contributed by atoms with E-state index in [1.807, 2.05) is 12.1 Å². The van der Waals surface area contributed by atoms with E-state index in [9.17, 15) is 9.59 Å². The predicted molar refractivity (Wildman–Crippen MR) is 93.6 cm³/mol. The molecule has 0 radical (unpaired) electrons. The Balaban J connectivity index is 1.96. The third-order valence-electron chi connectivity index (χ3n) is 4.42. The van der Waals surface area contributed by atoms with Crippen LogP contribution in [0.4, 0.5) is 5.82 Å². The number of thiophene rings is 1. The lowest BCUT2D eigenvalue weighted by Crippen LogP contribution is -2.26. The van der Waals surface area contributed by atoms with Gasteiger partial charge in [0.1, 0.15) is 5.69 Å². The first kappa shape index (κ1) is 14.9. The molecule has 3 aromatic rings. The van der Waals surface area contributed by atoms with Gasteiger partial charge in [-0.05, 0) is 23.9 Å². The lowest BCUT2D eigenvalue weighted by atomic mass is 9.84. The lowest BCUT2D eigenvalue weighted by Gasteiger charge is -2.23. The molecule has 6 nitrogen and oxygen atoms in total. The number of rotatable bonds is 2. The van der Waals surface area contributed by atoms with Gasteiger partial charge < -0.3 is 10.6 Å². The zero-order chi connectivity index (χ0) is 16.8. The van der Waals surface area contributed by atoms with Crippen molar-refractivity contribution < 1.29 is 9.59 Å². The van der Waals surface area contributed by atoms with Crippen LogP contribution >= 0.6 is 11.3 Å². The monoisotopic (exact) mass is 340 g/mol. The van der Waals surface area contributed by atoms with Gasteiger partial charge in [-0.1, -0.05) is 18.2 Å². The number of H-pyrrole nitrogens is 1. The maximum absolute atomic E-state index is 12.2. The van der Waals surface area contributed by atoms with E-state index in [-0.39, 0.29) is 17.7 Å². The number of hydrogen-bond donors (Lipinski definition) is 3. The highest BCUT2D eigenvalue weighted by atomic mass is 32.1. The predicted octanol–water partition coefficient (Wildman–Crippen LogP) is 2.77. The van der Waals surface area contributed by atoms with E-state index in [0.29, 0.717) is 17.9 Å². The summed E-state index contributed by atoms with van der Waals surface area (Å²) in [4.78, 5) is 25.5. The van der Waals surface area contributed by atoms with Gasteiger partial charge in [-0.25, -0.2) is 0 Å². The van der Waals surface area contributed by atoms with E-state index in [1.54, 1.807) is 18.4 Å². The average molecular weight is 340 g/mol. The number of hydrogen-bond acceptors (Lipinski definition) is 4. The van der Waals surface area contributed by atoms with Gasteiger partial charge in [0.05, 0.1) is 0 Å². The Bertz CT molecular complexity index is 972. The van der Waals surface area contributed by atoms with Crippen LogP contribution in [-0.2, 0) is 4.79 Å². The first-order valence-electron chi connectivity index (χ1n) is 7.68. The maximum Gasteiger partial charge on any atom is 0.269 e. The van der Waals surface area contributed by atoms with Crippen molar-refractivity contribution in [3.05, 3.63) is 46.0 Å². The second kappa shape index (κ2) is 5.45. The number of carbonyl (C=O) groups excluding carboxylic acids is 2. The van der Waals surface area contributed by atoms with Crippen molar-refractivity contribution in [3.63, 3.8) is 0 Å². The summed E-state index contributed by atoms with van der Waals surface area (Å²) in [6.45, 7) is 2.06. The van der Waals surface area contributed by atoms with Crippen molar-refractivity contribution in [1.29, 1.82) is 0 Å². The van der Waals surface area contributed by atoms with Gasteiger partial charge in [0.25, 0.3) is 5.91 Å². The molecular weight excluding hydrogens is 324 g/mol. The average Bonchev–Trinajstić information content (AvgIpc) is 3.13. The van der Waals surface area contributed by atoms with Crippen LogP contribution < -0.4 is 10.6 Å². The molecule has 0 aliphatic carbocycles. The molecule has 122 valence electrons. The van der Waals surface area contributed by atoms with Crippen LogP contribution in [0, 0.1) is 6.92 Å². The Hall–Kier alpha value is -2.67. The summed E-state index contributed by atoms with van der Waals surface area (Å²) in [5.74, 6) is -0.0558. The second-order valence-electron chi connectivity index (χ2n) is 5.81. The number of fused-ring (bicyclic) bond motifs is 2. The van der Waals surface area contributed by atoms with E-state index in [4.69, 9.17) is 0 Å². The van der Waals surface area contributed by atoms with Gasteiger partial charge in [0.2, 0.25) is 5.91 Å². The zero-order valence-electron chi connectivity index (χ0n) is 13.3. The molecule has 1 aliphatic rings. The third-order valence-corrected chi connectivity index (χ3v) is 5.52. The van der Waals surface area contributed by atoms with Crippen molar-refractivity contribution in [3.8, 4) is 0 Å². The normalized spacial score (nSPS) is 16.8. The molecule has 0 spiro atoms. The summed E-state index contributed by atoms with van der Waals surface area (Å²) < 4.78 is 1.18. The van der Waals surface area contributed by atoms with Crippen LogP contribution in [0.15, 0.2) is 24.3 Å².